The lowest BCUT2D eigenvalue weighted by molar-refractivity contribution is 0.0931. The number of nitrogens with one attached hydrogen (secondary N) is 2. The number of thiophene rings is 1. The van der Waals surface area contributed by atoms with Gasteiger partial charge in [0.05, 0.1) is 11.2 Å². The number of para-hydroxylation sites is 1. The molecule has 1 aliphatic heterocycles. The molecular weight excluding hydrogens is 350 g/mol. The maximum Gasteiger partial charge on any atom is 0.256 e. The summed E-state index contributed by atoms with van der Waals surface area (Å²) in [6.45, 7) is 7.22. The minimum absolute atomic E-state index is 0. The molecule has 0 aliphatic carbocycles. The van der Waals surface area contributed by atoms with Crippen molar-refractivity contribution in [3.63, 3.8) is 0 Å². The minimum atomic E-state index is -0.500. The van der Waals surface area contributed by atoms with Crippen LogP contribution in [-0.4, -0.2) is 16.6 Å². The van der Waals surface area contributed by atoms with Gasteiger partial charge in [0.15, 0.2) is 6.17 Å². The summed E-state index contributed by atoms with van der Waals surface area (Å²) in [4.78, 5) is 13.2. The first-order valence-electron chi connectivity index (χ1n) is 8.09. The van der Waals surface area contributed by atoms with Crippen molar-refractivity contribution in [3.8, 4) is 0 Å². The number of amides is 1. The molecule has 6 N–H and O–H groups in total. The number of carbonyl (C=O) groups excluding carboxylic acids is 1. The molecule has 26 heavy (non-hydrogen) atoms. The fraction of sp³-hybridized carbons (Fsp3) is 0.316. The zero-order valence-corrected chi connectivity index (χ0v) is 16.2. The minimum Gasteiger partial charge on any atom is -0.457 e. The number of benzene rings is 1. The Labute approximate surface area is 156 Å². The highest BCUT2D eigenvalue weighted by Crippen LogP contribution is 2.35. The van der Waals surface area contributed by atoms with E-state index < -0.39 is 5.60 Å². The summed E-state index contributed by atoms with van der Waals surface area (Å²) in [5.41, 5.74) is 1.03. The molecule has 0 bridgehead atoms. The quantitative estimate of drug-likeness (QED) is 0.497. The van der Waals surface area contributed by atoms with Crippen molar-refractivity contribution in [3.05, 3.63) is 52.6 Å². The lowest BCUT2D eigenvalue weighted by Gasteiger charge is -2.23. The Morgan fingerprint density at radius 3 is 2.46 bits per heavy atom. The van der Waals surface area contributed by atoms with E-state index in [0.717, 1.165) is 26.6 Å². The van der Waals surface area contributed by atoms with Gasteiger partial charge in [-0.3, -0.25) is 4.79 Å². The average molecular weight is 375 g/mol. The average Bonchev–Trinajstić information content (AvgIpc) is 3.08. The van der Waals surface area contributed by atoms with E-state index in [1.54, 1.807) is 32.1 Å². The van der Waals surface area contributed by atoms with E-state index in [4.69, 9.17) is 9.52 Å². The van der Waals surface area contributed by atoms with Crippen molar-refractivity contribution in [2.24, 2.45) is 0 Å². The van der Waals surface area contributed by atoms with Gasteiger partial charge in [0.1, 0.15) is 16.3 Å². The van der Waals surface area contributed by atoms with Crippen molar-refractivity contribution in [1.82, 2.24) is 11.5 Å². The third kappa shape index (κ3) is 4.63. The monoisotopic (exact) mass is 375 g/mol. The molecular formula is C19H25N3O3S. The van der Waals surface area contributed by atoms with Crippen LogP contribution in [0.3, 0.4) is 0 Å². The predicted molar refractivity (Wildman–Crippen MR) is 106 cm³/mol. The van der Waals surface area contributed by atoms with Gasteiger partial charge in [0.2, 0.25) is 0 Å². The second-order valence-electron chi connectivity index (χ2n) is 7.01. The zero-order valence-electron chi connectivity index (χ0n) is 15.4. The predicted octanol–water partition coefficient (Wildman–Crippen LogP) is 4.60. The lowest BCUT2D eigenvalue weighted by Crippen LogP contribution is -2.37. The third-order valence-electron chi connectivity index (χ3n) is 3.38. The second kappa shape index (κ2) is 7.49. The number of hydrogen-bond acceptors (Lipinski definition) is 6. The number of fused-ring (bicyclic) bond motifs is 2. The zero-order chi connectivity index (χ0) is 18.2. The number of aliphatic hydroxyl groups is 1. The molecule has 0 fully saturated rings. The van der Waals surface area contributed by atoms with Crippen molar-refractivity contribution < 1.29 is 14.3 Å². The molecule has 0 saturated heterocycles. The van der Waals surface area contributed by atoms with Gasteiger partial charge < -0.3 is 26.3 Å². The van der Waals surface area contributed by atoms with Crippen molar-refractivity contribution >= 4 is 33.2 Å². The van der Waals surface area contributed by atoms with E-state index in [2.05, 4.69) is 10.6 Å². The van der Waals surface area contributed by atoms with Crippen LogP contribution < -0.4 is 16.8 Å². The van der Waals surface area contributed by atoms with E-state index >= 15 is 0 Å². The van der Waals surface area contributed by atoms with E-state index in [9.17, 15) is 4.79 Å². The summed E-state index contributed by atoms with van der Waals surface area (Å²) in [5.74, 6) is 0.657. The van der Waals surface area contributed by atoms with Crippen molar-refractivity contribution in [1.29, 1.82) is 0 Å². The smallest absolute Gasteiger partial charge is 0.256 e. The molecule has 1 atom stereocenters. The van der Waals surface area contributed by atoms with Crippen LogP contribution in [-0.2, 0) is 0 Å². The Hall–Kier alpha value is -2.35. The first-order valence-corrected chi connectivity index (χ1v) is 8.91. The van der Waals surface area contributed by atoms with Crippen LogP contribution in [0.15, 0.2) is 40.8 Å². The Balaban J connectivity index is 0.000000362. The van der Waals surface area contributed by atoms with E-state index in [0.29, 0.717) is 5.56 Å². The van der Waals surface area contributed by atoms with Crippen molar-refractivity contribution in [2.45, 2.75) is 39.5 Å². The Morgan fingerprint density at radius 1 is 1.15 bits per heavy atom. The van der Waals surface area contributed by atoms with Crippen LogP contribution in [0.4, 0.5) is 5.00 Å². The van der Waals surface area contributed by atoms with Crippen molar-refractivity contribution in [2.75, 3.05) is 5.32 Å². The van der Waals surface area contributed by atoms with E-state index in [1.807, 2.05) is 43.3 Å². The largest absolute Gasteiger partial charge is 0.457 e. The lowest BCUT2D eigenvalue weighted by atomic mass is 10.2. The molecule has 7 heteroatoms. The number of aryl methyl sites for hydroxylation is 1. The van der Waals surface area contributed by atoms with Crippen LogP contribution in [0.2, 0.25) is 0 Å². The first-order chi connectivity index (χ1) is 11.7. The van der Waals surface area contributed by atoms with Crippen LogP contribution >= 0.6 is 11.3 Å². The van der Waals surface area contributed by atoms with E-state index in [1.165, 1.54) is 0 Å². The van der Waals surface area contributed by atoms with Crippen LogP contribution in [0, 0.1) is 6.92 Å². The van der Waals surface area contributed by atoms with Gasteiger partial charge in [-0.1, -0.05) is 18.2 Å². The topological polar surface area (TPSA) is 110 Å². The number of carbonyl (C=O) groups is 1. The molecule has 6 nitrogen and oxygen atoms in total. The normalized spacial score (nSPS) is 15.9. The summed E-state index contributed by atoms with van der Waals surface area (Å²) in [7, 11) is 0. The summed E-state index contributed by atoms with van der Waals surface area (Å²) >= 11 is 1.59. The van der Waals surface area contributed by atoms with Gasteiger partial charge in [0, 0.05) is 10.3 Å². The Bertz CT molecular complexity index is 869. The highest BCUT2D eigenvalue weighted by atomic mass is 32.1. The molecule has 1 aliphatic rings. The van der Waals surface area contributed by atoms with Gasteiger partial charge in [-0.15, -0.1) is 11.3 Å². The van der Waals surface area contributed by atoms with Gasteiger partial charge in [0.25, 0.3) is 5.91 Å². The van der Waals surface area contributed by atoms with Gasteiger partial charge in [-0.25, -0.2) is 0 Å². The van der Waals surface area contributed by atoms with Crippen LogP contribution in [0.25, 0.3) is 11.0 Å². The van der Waals surface area contributed by atoms with Gasteiger partial charge in [-0.2, -0.15) is 0 Å². The molecule has 3 aromatic rings. The van der Waals surface area contributed by atoms with Gasteiger partial charge >= 0.3 is 0 Å². The molecule has 1 aromatic carbocycles. The molecule has 0 radical (unpaired) electrons. The fourth-order valence-electron chi connectivity index (χ4n) is 2.45. The summed E-state index contributed by atoms with van der Waals surface area (Å²) < 4.78 is 5.81. The standard InChI is InChI=1S/C15H12N2O2S.C4H10O.H3N/c1-8-6-10-14(18)16-13(17-15(10)20-8)12-7-9-4-2-3-5-11(9)19-12;1-4(2,3)5;/h2-7,13,17H,1H3,(H,16,18);5H,1-3H3;1H3. The molecule has 0 spiro atoms. The molecule has 3 heterocycles. The third-order valence-corrected chi connectivity index (χ3v) is 4.36. The fourth-order valence-corrected chi connectivity index (χ4v) is 3.39. The second-order valence-corrected chi connectivity index (χ2v) is 8.26. The Kier molecular flexibility index (Phi) is 5.75. The first kappa shape index (κ1) is 20.0. The molecule has 140 valence electrons. The van der Waals surface area contributed by atoms with Crippen LogP contribution in [0.5, 0.6) is 0 Å². The summed E-state index contributed by atoms with van der Waals surface area (Å²) in [6, 6.07) is 11.7. The molecule has 0 saturated carbocycles. The number of anilines is 1. The van der Waals surface area contributed by atoms with Crippen LogP contribution in [0.1, 0.15) is 47.9 Å². The summed E-state index contributed by atoms with van der Waals surface area (Å²) in [6.07, 6.45) is -0.319. The van der Waals surface area contributed by atoms with E-state index in [-0.39, 0.29) is 18.2 Å². The Morgan fingerprint density at radius 2 is 1.81 bits per heavy atom. The molecule has 1 unspecified atom stereocenters. The maximum absolute atomic E-state index is 12.1. The highest BCUT2D eigenvalue weighted by Gasteiger charge is 2.28. The SMILES string of the molecule is CC(C)(C)O.Cc1cc2c(s1)NC(c1cc3ccccc3o1)NC2=O.N. The maximum atomic E-state index is 12.1. The highest BCUT2D eigenvalue weighted by molar-refractivity contribution is 7.16. The molecule has 1 amide bonds. The van der Waals surface area contributed by atoms with Gasteiger partial charge in [-0.05, 0) is 45.9 Å². The molecule has 2 aromatic heterocycles. The number of furan rings is 1. The number of hydrogen-bond donors (Lipinski definition) is 4. The summed E-state index contributed by atoms with van der Waals surface area (Å²) in [5, 5.41) is 16.7. The molecule has 4 rings (SSSR count). The number of rotatable bonds is 1.